The molecular weight excluding hydrogens is 232 g/mol. The Morgan fingerprint density at radius 2 is 1.89 bits per heavy atom. The predicted molar refractivity (Wildman–Crippen MR) is 69.4 cm³/mol. The Morgan fingerprint density at radius 1 is 1.39 bits per heavy atom. The number of carbonyl (C=O) groups is 2. The molecule has 104 valence electrons. The summed E-state index contributed by atoms with van der Waals surface area (Å²) in [5.41, 5.74) is -0.186. The first-order valence-corrected chi connectivity index (χ1v) is 6.31. The molecule has 1 saturated carbocycles. The minimum atomic E-state index is -0.994. The van der Waals surface area contributed by atoms with Crippen LogP contribution in [0.3, 0.4) is 0 Å². The maximum absolute atomic E-state index is 12.0. The smallest absolute Gasteiger partial charge is 0.323 e. The highest BCUT2D eigenvalue weighted by atomic mass is 16.4. The fourth-order valence-corrected chi connectivity index (χ4v) is 1.98. The van der Waals surface area contributed by atoms with E-state index in [1.54, 1.807) is 0 Å². The van der Waals surface area contributed by atoms with Crippen LogP contribution in [-0.2, 0) is 4.79 Å². The number of carbonyl (C=O) groups excluding carboxylic acids is 1. The monoisotopic (exact) mass is 256 g/mol. The van der Waals surface area contributed by atoms with E-state index in [4.69, 9.17) is 5.11 Å². The van der Waals surface area contributed by atoms with Crippen molar-refractivity contribution in [3.05, 3.63) is 0 Å². The number of rotatable bonds is 4. The molecule has 5 heteroatoms. The molecule has 2 amide bonds. The molecule has 0 spiro atoms. The highest BCUT2D eigenvalue weighted by molar-refractivity contribution is 5.80. The second kappa shape index (κ2) is 4.78. The Hall–Kier alpha value is -1.26. The van der Waals surface area contributed by atoms with E-state index in [0.29, 0.717) is 17.9 Å². The fraction of sp³-hybridized carbons (Fsp3) is 0.846. The number of hydrogen-bond donors (Lipinski definition) is 2. The average molecular weight is 256 g/mol. The number of hydrogen-bond acceptors (Lipinski definition) is 2. The summed E-state index contributed by atoms with van der Waals surface area (Å²) in [7, 11) is 0. The van der Waals surface area contributed by atoms with Gasteiger partial charge in [0.15, 0.2) is 0 Å². The van der Waals surface area contributed by atoms with Gasteiger partial charge in [-0.25, -0.2) is 4.79 Å². The molecule has 1 atom stereocenters. The van der Waals surface area contributed by atoms with Gasteiger partial charge in [-0.15, -0.1) is 0 Å². The summed E-state index contributed by atoms with van der Waals surface area (Å²) in [6.07, 6.45) is 1.11. The number of amides is 2. The molecule has 0 aromatic heterocycles. The van der Waals surface area contributed by atoms with Crippen molar-refractivity contribution in [2.24, 2.45) is 11.3 Å². The Bertz CT molecular complexity index is 345. The van der Waals surface area contributed by atoms with Crippen molar-refractivity contribution < 1.29 is 14.7 Å². The molecule has 1 aliphatic rings. The van der Waals surface area contributed by atoms with Crippen LogP contribution in [0.2, 0.25) is 0 Å². The molecule has 1 unspecified atom stereocenters. The van der Waals surface area contributed by atoms with Crippen molar-refractivity contribution >= 4 is 12.0 Å². The normalized spacial score (nSPS) is 21.3. The van der Waals surface area contributed by atoms with Crippen LogP contribution >= 0.6 is 0 Å². The van der Waals surface area contributed by atoms with E-state index in [-0.39, 0.29) is 12.6 Å². The van der Waals surface area contributed by atoms with Crippen LogP contribution in [0, 0.1) is 11.3 Å². The van der Waals surface area contributed by atoms with Crippen LogP contribution in [0.25, 0.3) is 0 Å². The number of nitrogens with zero attached hydrogens (tertiary/aromatic N) is 1. The number of carboxylic acids is 1. The second-order valence-electron chi connectivity index (χ2n) is 6.73. The van der Waals surface area contributed by atoms with Crippen LogP contribution in [0.1, 0.15) is 41.0 Å². The zero-order chi connectivity index (χ0) is 14.1. The van der Waals surface area contributed by atoms with Crippen LogP contribution in [0.15, 0.2) is 0 Å². The lowest BCUT2D eigenvalue weighted by atomic mass is 10.1. The molecule has 0 aromatic carbocycles. The van der Waals surface area contributed by atoms with Crippen molar-refractivity contribution in [2.75, 3.05) is 13.1 Å². The summed E-state index contributed by atoms with van der Waals surface area (Å²) in [4.78, 5) is 24.2. The van der Waals surface area contributed by atoms with E-state index in [1.807, 2.05) is 20.8 Å². The Kier molecular flexibility index (Phi) is 3.93. The van der Waals surface area contributed by atoms with Crippen molar-refractivity contribution in [1.82, 2.24) is 10.2 Å². The molecule has 1 aliphatic carbocycles. The number of urea groups is 1. The molecule has 0 aliphatic heterocycles. The first-order valence-electron chi connectivity index (χ1n) is 6.31. The number of aliphatic carboxylic acids is 1. The third kappa shape index (κ3) is 3.89. The molecule has 0 saturated heterocycles. The van der Waals surface area contributed by atoms with E-state index in [2.05, 4.69) is 19.2 Å². The predicted octanol–water partition coefficient (Wildman–Crippen LogP) is 1.93. The van der Waals surface area contributed by atoms with Gasteiger partial charge in [-0.05, 0) is 38.5 Å². The Labute approximate surface area is 109 Å². The molecule has 1 fully saturated rings. The quantitative estimate of drug-likeness (QED) is 0.807. The minimum absolute atomic E-state index is 0.274. The van der Waals surface area contributed by atoms with Gasteiger partial charge in [0.2, 0.25) is 0 Å². The summed E-state index contributed by atoms with van der Waals surface area (Å²) in [6, 6.07) is -0.299. The summed E-state index contributed by atoms with van der Waals surface area (Å²) in [5, 5.41) is 11.7. The Morgan fingerprint density at radius 3 is 2.22 bits per heavy atom. The zero-order valence-electron chi connectivity index (χ0n) is 11.9. The molecule has 2 N–H and O–H groups in total. The lowest BCUT2D eigenvalue weighted by Crippen LogP contribution is -2.52. The van der Waals surface area contributed by atoms with Crippen molar-refractivity contribution in [1.29, 1.82) is 0 Å². The first kappa shape index (κ1) is 14.8. The lowest BCUT2D eigenvalue weighted by molar-refractivity contribution is -0.138. The minimum Gasteiger partial charge on any atom is -0.480 e. The van der Waals surface area contributed by atoms with Crippen LogP contribution in [0.4, 0.5) is 4.79 Å². The van der Waals surface area contributed by atoms with Gasteiger partial charge >= 0.3 is 12.0 Å². The lowest BCUT2D eigenvalue weighted by Gasteiger charge is -2.34. The van der Waals surface area contributed by atoms with Crippen molar-refractivity contribution in [2.45, 2.75) is 46.6 Å². The highest BCUT2D eigenvalue weighted by Crippen LogP contribution is 2.50. The molecule has 0 aromatic rings. The molecule has 1 rings (SSSR count). The van der Waals surface area contributed by atoms with Gasteiger partial charge in [-0.1, -0.05) is 13.8 Å². The molecular formula is C13H24N2O3. The standard InChI is InChI=1S/C13H24N2O3/c1-12(2,3)15(8-10(16)17)11(18)14-7-9-6-13(9,4)5/h9H,6-8H2,1-5H3,(H,14,18)(H,16,17). The second-order valence-corrected chi connectivity index (χ2v) is 6.73. The zero-order valence-corrected chi connectivity index (χ0v) is 11.9. The molecule has 0 heterocycles. The largest absolute Gasteiger partial charge is 0.480 e. The van der Waals surface area contributed by atoms with Crippen molar-refractivity contribution in [3.63, 3.8) is 0 Å². The van der Waals surface area contributed by atoms with E-state index in [9.17, 15) is 9.59 Å². The van der Waals surface area contributed by atoms with Gasteiger partial charge in [0, 0.05) is 12.1 Å². The van der Waals surface area contributed by atoms with Crippen LogP contribution < -0.4 is 5.32 Å². The molecule has 5 nitrogen and oxygen atoms in total. The summed E-state index contributed by atoms with van der Waals surface area (Å²) in [5.74, 6) is -0.486. The van der Waals surface area contributed by atoms with E-state index < -0.39 is 11.5 Å². The fourth-order valence-electron chi connectivity index (χ4n) is 1.98. The third-order valence-corrected chi connectivity index (χ3v) is 3.57. The maximum atomic E-state index is 12.0. The number of nitrogens with one attached hydrogen (secondary N) is 1. The topological polar surface area (TPSA) is 69.6 Å². The van der Waals surface area contributed by atoms with E-state index in [1.165, 1.54) is 4.90 Å². The maximum Gasteiger partial charge on any atom is 0.323 e. The van der Waals surface area contributed by atoms with Gasteiger partial charge in [0.05, 0.1) is 0 Å². The molecule has 0 radical (unpaired) electrons. The van der Waals surface area contributed by atoms with Gasteiger partial charge in [0.25, 0.3) is 0 Å². The van der Waals surface area contributed by atoms with Crippen LogP contribution in [-0.4, -0.2) is 40.6 Å². The summed E-state index contributed by atoms with van der Waals surface area (Å²) < 4.78 is 0. The van der Waals surface area contributed by atoms with Gasteiger partial charge in [-0.3, -0.25) is 4.79 Å². The highest BCUT2D eigenvalue weighted by Gasteiger charge is 2.45. The van der Waals surface area contributed by atoms with E-state index in [0.717, 1.165) is 6.42 Å². The average Bonchev–Trinajstić information content (AvgIpc) is 2.77. The first-order chi connectivity index (χ1) is 8.04. The van der Waals surface area contributed by atoms with E-state index >= 15 is 0 Å². The van der Waals surface area contributed by atoms with Crippen LogP contribution in [0.5, 0.6) is 0 Å². The summed E-state index contributed by atoms with van der Waals surface area (Å²) in [6.45, 7) is 10.2. The Balaban J connectivity index is 2.52. The third-order valence-electron chi connectivity index (χ3n) is 3.57. The molecule has 18 heavy (non-hydrogen) atoms. The summed E-state index contributed by atoms with van der Waals surface area (Å²) >= 11 is 0. The van der Waals surface area contributed by atoms with Gasteiger partial charge in [-0.2, -0.15) is 0 Å². The number of carboxylic acid groups (broad SMARTS) is 1. The van der Waals surface area contributed by atoms with Gasteiger partial charge < -0.3 is 15.3 Å². The van der Waals surface area contributed by atoms with Crippen molar-refractivity contribution in [3.8, 4) is 0 Å². The molecule has 0 bridgehead atoms. The SMILES string of the molecule is CC1(C)CC1CNC(=O)N(CC(=O)O)C(C)(C)C. The van der Waals surface area contributed by atoms with Gasteiger partial charge in [0.1, 0.15) is 6.54 Å².